The van der Waals surface area contributed by atoms with Crippen molar-refractivity contribution in [1.82, 2.24) is 4.90 Å². The molecule has 0 saturated carbocycles. The second-order valence-electron chi connectivity index (χ2n) is 5.82. The molecule has 0 atom stereocenters. The molecule has 1 fully saturated rings. The zero-order valence-electron chi connectivity index (χ0n) is 13.6. The summed E-state index contributed by atoms with van der Waals surface area (Å²) in [7, 11) is 0. The molecule has 5 heteroatoms. The SMILES string of the molecule is Cl.NCc1ccc(C(=O)N2CCC(Oc3ccccc3)CC2)cc1. The highest BCUT2D eigenvalue weighted by Gasteiger charge is 2.24. The van der Waals surface area contributed by atoms with Gasteiger partial charge in [0.15, 0.2) is 0 Å². The molecular formula is C19H23ClN2O2. The van der Waals surface area contributed by atoms with E-state index in [1.54, 1.807) is 0 Å². The molecule has 1 aliphatic heterocycles. The van der Waals surface area contributed by atoms with Crippen LogP contribution in [0.3, 0.4) is 0 Å². The fraction of sp³-hybridized carbons (Fsp3) is 0.316. The molecule has 1 aliphatic rings. The molecule has 0 aromatic heterocycles. The summed E-state index contributed by atoms with van der Waals surface area (Å²) in [5.74, 6) is 0.987. The number of halogens is 1. The average molecular weight is 347 g/mol. The molecule has 1 amide bonds. The van der Waals surface area contributed by atoms with Crippen LogP contribution in [0.1, 0.15) is 28.8 Å². The van der Waals surface area contributed by atoms with E-state index in [9.17, 15) is 4.79 Å². The zero-order valence-corrected chi connectivity index (χ0v) is 14.4. The Morgan fingerprint density at radius 3 is 2.25 bits per heavy atom. The number of rotatable bonds is 4. The lowest BCUT2D eigenvalue weighted by Gasteiger charge is -2.32. The van der Waals surface area contributed by atoms with Crippen molar-refractivity contribution in [3.05, 3.63) is 65.7 Å². The maximum absolute atomic E-state index is 12.5. The number of ether oxygens (including phenoxy) is 1. The quantitative estimate of drug-likeness (QED) is 0.924. The fourth-order valence-electron chi connectivity index (χ4n) is 2.83. The van der Waals surface area contributed by atoms with E-state index in [4.69, 9.17) is 10.5 Å². The molecule has 1 saturated heterocycles. The van der Waals surface area contributed by atoms with Crippen molar-refractivity contribution in [1.29, 1.82) is 0 Å². The number of piperidine rings is 1. The van der Waals surface area contributed by atoms with E-state index in [1.165, 1.54) is 0 Å². The number of nitrogens with zero attached hydrogens (tertiary/aromatic N) is 1. The minimum Gasteiger partial charge on any atom is -0.490 e. The Kier molecular flexibility index (Phi) is 6.64. The first-order chi connectivity index (χ1) is 11.3. The van der Waals surface area contributed by atoms with E-state index in [0.717, 1.165) is 42.8 Å². The van der Waals surface area contributed by atoms with Crippen LogP contribution in [-0.2, 0) is 6.54 Å². The Bertz CT molecular complexity index is 638. The van der Waals surface area contributed by atoms with E-state index in [2.05, 4.69) is 0 Å². The monoisotopic (exact) mass is 346 g/mol. The van der Waals surface area contributed by atoms with Gasteiger partial charge in [-0.3, -0.25) is 4.79 Å². The summed E-state index contributed by atoms with van der Waals surface area (Å²) >= 11 is 0. The number of nitrogens with two attached hydrogens (primary N) is 1. The van der Waals surface area contributed by atoms with Gasteiger partial charge in [-0.05, 0) is 29.8 Å². The van der Waals surface area contributed by atoms with Gasteiger partial charge < -0.3 is 15.4 Å². The Morgan fingerprint density at radius 1 is 1.04 bits per heavy atom. The van der Waals surface area contributed by atoms with Crippen molar-refractivity contribution < 1.29 is 9.53 Å². The highest BCUT2D eigenvalue weighted by Crippen LogP contribution is 2.20. The van der Waals surface area contributed by atoms with E-state index >= 15 is 0 Å². The van der Waals surface area contributed by atoms with Crippen LogP contribution in [0.25, 0.3) is 0 Å². The van der Waals surface area contributed by atoms with Crippen LogP contribution in [0.4, 0.5) is 0 Å². The topological polar surface area (TPSA) is 55.6 Å². The predicted octanol–water partition coefficient (Wildman–Crippen LogP) is 3.25. The molecule has 0 bridgehead atoms. The standard InChI is InChI=1S/C19H22N2O2.ClH/c20-14-15-6-8-16(9-7-15)19(22)21-12-10-18(11-13-21)23-17-4-2-1-3-5-17;/h1-9,18H,10-14,20H2;1H. The third-order valence-corrected chi connectivity index (χ3v) is 4.21. The highest BCUT2D eigenvalue weighted by atomic mass is 35.5. The number of benzene rings is 2. The van der Waals surface area contributed by atoms with Gasteiger partial charge in [-0.2, -0.15) is 0 Å². The number of amides is 1. The van der Waals surface area contributed by atoms with Gasteiger partial charge in [0.1, 0.15) is 11.9 Å². The molecule has 0 aliphatic carbocycles. The molecule has 1 heterocycles. The van der Waals surface area contributed by atoms with Gasteiger partial charge >= 0.3 is 0 Å². The number of likely N-dealkylation sites (tertiary alicyclic amines) is 1. The number of para-hydroxylation sites is 1. The second-order valence-corrected chi connectivity index (χ2v) is 5.82. The van der Waals surface area contributed by atoms with Crippen LogP contribution >= 0.6 is 12.4 Å². The minimum absolute atomic E-state index is 0. The Morgan fingerprint density at radius 2 is 1.67 bits per heavy atom. The first kappa shape index (κ1) is 18.3. The molecule has 0 unspecified atom stereocenters. The largest absolute Gasteiger partial charge is 0.490 e. The molecule has 0 spiro atoms. The van der Waals surface area contributed by atoms with Crippen molar-refractivity contribution in [3.8, 4) is 5.75 Å². The summed E-state index contributed by atoms with van der Waals surface area (Å²) < 4.78 is 5.97. The number of carbonyl (C=O) groups excluding carboxylic acids is 1. The van der Waals surface area contributed by atoms with E-state index in [-0.39, 0.29) is 24.4 Å². The Labute approximate surface area is 149 Å². The smallest absolute Gasteiger partial charge is 0.253 e. The number of carbonyl (C=O) groups is 1. The first-order valence-corrected chi connectivity index (χ1v) is 8.06. The van der Waals surface area contributed by atoms with E-state index in [1.807, 2.05) is 59.5 Å². The predicted molar refractivity (Wildman–Crippen MR) is 97.6 cm³/mol. The summed E-state index contributed by atoms with van der Waals surface area (Å²) in [6.45, 7) is 1.96. The van der Waals surface area contributed by atoms with Gasteiger partial charge in [0.2, 0.25) is 0 Å². The summed E-state index contributed by atoms with van der Waals surface area (Å²) in [5.41, 5.74) is 7.35. The third kappa shape index (κ3) is 4.49. The van der Waals surface area contributed by atoms with Gasteiger partial charge in [0.05, 0.1) is 0 Å². The van der Waals surface area contributed by atoms with Crippen molar-refractivity contribution in [2.75, 3.05) is 13.1 Å². The summed E-state index contributed by atoms with van der Waals surface area (Å²) in [5, 5.41) is 0. The Hall–Kier alpha value is -2.04. The molecular weight excluding hydrogens is 324 g/mol. The normalized spacial score (nSPS) is 14.8. The zero-order chi connectivity index (χ0) is 16.1. The molecule has 24 heavy (non-hydrogen) atoms. The summed E-state index contributed by atoms with van der Waals surface area (Å²) in [4.78, 5) is 14.4. The molecule has 2 N–H and O–H groups in total. The van der Waals surface area contributed by atoms with Crippen LogP contribution in [0, 0.1) is 0 Å². The Balaban J connectivity index is 0.00000208. The van der Waals surface area contributed by atoms with Crippen LogP contribution in [0.15, 0.2) is 54.6 Å². The lowest BCUT2D eigenvalue weighted by Crippen LogP contribution is -2.41. The molecule has 4 nitrogen and oxygen atoms in total. The van der Waals surface area contributed by atoms with E-state index < -0.39 is 0 Å². The molecule has 2 aromatic rings. The van der Waals surface area contributed by atoms with Crippen molar-refractivity contribution in [3.63, 3.8) is 0 Å². The number of hydrogen-bond acceptors (Lipinski definition) is 3. The van der Waals surface area contributed by atoms with Crippen LogP contribution in [0.5, 0.6) is 5.75 Å². The van der Waals surface area contributed by atoms with Crippen LogP contribution < -0.4 is 10.5 Å². The van der Waals surface area contributed by atoms with Gasteiger partial charge in [0.25, 0.3) is 5.91 Å². The molecule has 0 radical (unpaired) electrons. The highest BCUT2D eigenvalue weighted by molar-refractivity contribution is 5.94. The maximum Gasteiger partial charge on any atom is 0.253 e. The first-order valence-electron chi connectivity index (χ1n) is 8.06. The van der Waals surface area contributed by atoms with Crippen molar-refractivity contribution in [2.45, 2.75) is 25.5 Å². The maximum atomic E-state index is 12.5. The minimum atomic E-state index is 0. The lowest BCUT2D eigenvalue weighted by molar-refractivity contribution is 0.0595. The van der Waals surface area contributed by atoms with Gasteiger partial charge in [-0.15, -0.1) is 12.4 Å². The fourth-order valence-corrected chi connectivity index (χ4v) is 2.83. The van der Waals surface area contributed by atoms with Gasteiger partial charge in [-0.25, -0.2) is 0 Å². The van der Waals surface area contributed by atoms with E-state index in [0.29, 0.717) is 6.54 Å². The molecule has 128 valence electrons. The molecule has 2 aromatic carbocycles. The van der Waals surface area contributed by atoms with Crippen LogP contribution in [0.2, 0.25) is 0 Å². The average Bonchev–Trinajstić information content (AvgIpc) is 2.63. The lowest BCUT2D eigenvalue weighted by atomic mass is 10.1. The van der Waals surface area contributed by atoms with Gasteiger partial charge in [-0.1, -0.05) is 30.3 Å². The third-order valence-electron chi connectivity index (χ3n) is 4.21. The number of hydrogen-bond donors (Lipinski definition) is 1. The second kappa shape index (κ2) is 8.71. The molecule has 3 rings (SSSR count). The van der Waals surface area contributed by atoms with Crippen molar-refractivity contribution in [2.24, 2.45) is 5.73 Å². The van der Waals surface area contributed by atoms with Gasteiger partial charge in [0, 0.05) is 38.0 Å². The van der Waals surface area contributed by atoms with Crippen LogP contribution in [-0.4, -0.2) is 30.0 Å². The summed E-state index contributed by atoms with van der Waals surface area (Å²) in [6, 6.07) is 17.4. The summed E-state index contributed by atoms with van der Waals surface area (Å²) in [6.07, 6.45) is 1.91. The van der Waals surface area contributed by atoms with Crippen molar-refractivity contribution >= 4 is 18.3 Å².